The quantitative estimate of drug-likeness (QED) is 0.714. The van der Waals surface area contributed by atoms with Crippen molar-refractivity contribution in [2.24, 2.45) is 0 Å². The van der Waals surface area contributed by atoms with Crippen LogP contribution in [0.1, 0.15) is 26.7 Å². The zero-order valence-electron chi connectivity index (χ0n) is 12.0. The van der Waals surface area contributed by atoms with Gasteiger partial charge in [0.05, 0.1) is 19.2 Å². The minimum atomic E-state index is -0.0830. The number of nitriles is 1. The molecule has 0 saturated heterocycles. The predicted molar refractivity (Wildman–Crippen MR) is 78.6 cm³/mol. The van der Waals surface area contributed by atoms with Gasteiger partial charge >= 0.3 is 0 Å². The van der Waals surface area contributed by atoms with E-state index in [2.05, 4.69) is 16.7 Å². The number of hydrogen-bond acceptors (Lipinski definition) is 4. The van der Waals surface area contributed by atoms with Crippen LogP contribution in [0.4, 0.5) is 5.69 Å². The summed E-state index contributed by atoms with van der Waals surface area (Å²) in [5.41, 5.74) is 0.707. The van der Waals surface area contributed by atoms with Crippen molar-refractivity contribution in [2.45, 2.75) is 32.7 Å². The minimum absolute atomic E-state index is 0.0830. The lowest BCUT2D eigenvalue weighted by molar-refractivity contribution is -0.115. The molecule has 108 valence electrons. The fourth-order valence-corrected chi connectivity index (χ4v) is 1.51. The summed E-state index contributed by atoms with van der Waals surface area (Å²) in [6.07, 6.45) is 1.18. The van der Waals surface area contributed by atoms with Gasteiger partial charge in [-0.2, -0.15) is 5.26 Å². The number of carbonyl (C=O) groups excluding carboxylic acids is 1. The zero-order valence-corrected chi connectivity index (χ0v) is 12.0. The number of rotatable bonds is 8. The van der Waals surface area contributed by atoms with Crippen LogP contribution in [0.25, 0.3) is 0 Å². The Morgan fingerprint density at radius 1 is 1.45 bits per heavy atom. The summed E-state index contributed by atoms with van der Waals surface area (Å²) in [5.74, 6) is 0.609. The van der Waals surface area contributed by atoms with Gasteiger partial charge in [-0.05, 0) is 18.6 Å². The first-order chi connectivity index (χ1) is 9.61. The molecule has 1 rings (SSSR count). The molecule has 0 aromatic heterocycles. The third-order valence-electron chi connectivity index (χ3n) is 2.49. The summed E-state index contributed by atoms with van der Waals surface area (Å²) in [6.45, 7) is 4.76. The van der Waals surface area contributed by atoms with E-state index >= 15 is 0 Å². The molecule has 0 atom stereocenters. The number of nitrogens with zero attached hydrogens (tertiary/aromatic N) is 1. The van der Waals surface area contributed by atoms with Gasteiger partial charge in [-0.1, -0.05) is 19.9 Å². The molecule has 5 heteroatoms. The highest BCUT2D eigenvalue weighted by Gasteiger charge is 2.04. The number of anilines is 1. The molecule has 0 aliphatic carbocycles. The van der Waals surface area contributed by atoms with E-state index in [4.69, 9.17) is 10.00 Å². The molecule has 0 aliphatic heterocycles. The first-order valence-corrected chi connectivity index (χ1v) is 6.75. The number of ether oxygens (including phenoxy) is 1. The second-order valence-corrected chi connectivity index (χ2v) is 4.72. The van der Waals surface area contributed by atoms with E-state index in [9.17, 15) is 4.79 Å². The topological polar surface area (TPSA) is 74.2 Å². The molecule has 0 fully saturated rings. The Balaban J connectivity index is 2.43. The first-order valence-electron chi connectivity index (χ1n) is 6.75. The smallest absolute Gasteiger partial charge is 0.238 e. The summed E-state index contributed by atoms with van der Waals surface area (Å²) in [6, 6.07) is 9.59. The predicted octanol–water partition coefficient (Wildman–Crippen LogP) is 2.31. The van der Waals surface area contributed by atoms with Crippen molar-refractivity contribution in [3.63, 3.8) is 0 Å². The average Bonchev–Trinajstić information content (AvgIpc) is 2.42. The molecule has 0 saturated carbocycles. The Morgan fingerprint density at radius 2 is 2.25 bits per heavy atom. The van der Waals surface area contributed by atoms with Crippen LogP contribution in [-0.4, -0.2) is 25.1 Å². The van der Waals surface area contributed by atoms with Crippen LogP contribution in [0.15, 0.2) is 24.3 Å². The third kappa shape index (κ3) is 6.76. The van der Waals surface area contributed by atoms with Gasteiger partial charge in [0.1, 0.15) is 5.75 Å². The van der Waals surface area contributed by atoms with Gasteiger partial charge in [0, 0.05) is 24.2 Å². The second-order valence-electron chi connectivity index (χ2n) is 4.72. The van der Waals surface area contributed by atoms with Crippen molar-refractivity contribution >= 4 is 11.6 Å². The standard InChI is InChI=1S/C15H21N3O2/c1-12(2)17-11-15(19)18-13-6-5-7-14(10-13)20-9-4-3-8-16/h5-7,10,12,17H,3-4,9,11H2,1-2H3,(H,18,19). The van der Waals surface area contributed by atoms with Gasteiger partial charge in [-0.15, -0.1) is 0 Å². The average molecular weight is 275 g/mol. The lowest BCUT2D eigenvalue weighted by atomic mass is 10.3. The normalized spacial score (nSPS) is 10.1. The molecule has 5 nitrogen and oxygen atoms in total. The molecule has 0 bridgehead atoms. The van der Waals surface area contributed by atoms with Gasteiger partial charge in [0.2, 0.25) is 5.91 Å². The largest absolute Gasteiger partial charge is 0.493 e. The molecular weight excluding hydrogens is 254 g/mol. The highest BCUT2D eigenvalue weighted by atomic mass is 16.5. The van der Waals surface area contributed by atoms with Crippen LogP contribution >= 0.6 is 0 Å². The molecule has 0 unspecified atom stereocenters. The second kappa shape index (κ2) is 8.94. The third-order valence-corrected chi connectivity index (χ3v) is 2.49. The number of amides is 1. The summed E-state index contributed by atoms with van der Waals surface area (Å²) in [5, 5.41) is 14.3. The van der Waals surface area contributed by atoms with Crippen LogP contribution in [0, 0.1) is 11.3 Å². The van der Waals surface area contributed by atoms with Gasteiger partial charge < -0.3 is 15.4 Å². The molecule has 1 aromatic rings. The number of unbranched alkanes of at least 4 members (excludes halogenated alkanes) is 1. The van der Waals surface area contributed by atoms with E-state index in [1.54, 1.807) is 6.07 Å². The Morgan fingerprint density at radius 3 is 2.95 bits per heavy atom. The van der Waals surface area contributed by atoms with Crippen molar-refractivity contribution in [1.29, 1.82) is 5.26 Å². The van der Waals surface area contributed by atoms with Crippen LogP contribution in [0.2, 0.25) is 0 Å². The van der Waals surface area contributed by atoms with Gasteiger partial charge in [-0.25, -0.2) is 0 Å². The van der Waals surface area contributed by atoms with Crippen molar-refractivity contribution in [3.8, 4) is 11.8 Å². The van der Waals surface area contributed by atoms with Crippen molar-refractivity contribution in [2.75, 3.05) is 18.5 Å². The van der Waals surface area contributed by atoms with Gasteiger partial charge in [0.15, 0.2) is 0 Å². The molecule has 0 aliphatic rings. The van der Waals surface area contributed by atoms with E-state index in [0.29, 0.717) is 30.9 Å². The maximum atomic E-state index is 11.7. The van der Waals surface area contributed by atoms with Crippen molar-refractivity contribution in [1.82, 2.24) is 5.32 Å². The monoisotopic (exact) mass is 275 g/mol. The molecule has 0 spiro atoms. The van der Waals surface area contributed by atoms with Crippen molar-refractivity contribution < 1.29 is 9.53 Å². The van der Waals surface area contributed by atoms with Crippen LogP contribution < -0.4 is 15.4 Å². The number of hydrogen-bond donors (Lipinski definition) is 2. The maximum Gasteiger partial charge on any atom is 0.238 e. The van der Waals surface area contributed by atoms with Gasteiger partial charge in [-0.3, -0.25) is 4.79 Å². The van der Waals surface area contributed by atoms with Crippen LogP contribution in [-0.2, 0) is 4.79 Å². The molecule has 0 heterocycles. The molecule has 1 aromatic carbocycles. The number of nitrogens with one attached hydrogen (secondary N) is 2. The summed E-state index contributed by atoms with van der Waals surface area (Å²) in [4.78, 5) is 11.7. The molecule has 20 heavy (non-hydrogen) atoms. The zero-order chi connectivity index (χ0) is 14.8. The highest BCUT2D eigenvalue weighted by Crippen LogP contribution is 2.17. The Labute approximate surface area is 119 Å². The minimum Gasteiger partial charge on any atom is -0.493 e. The first kappa shape index (κ1) is 16.0. The van der Waals surface area contributed by atoms with Crippen molar-refractivity contribution in [3.05, 3.63) is 24.3 Å². The van der Waals surface area contributed by atoms with Gasteiger partial charge in [0.25, 0.3) is 0 Å². The van der Waals surface area contributed by atoms with E-state index in [0.717, 1.165) is 0 Å². The van der Waals surface area contributed by atoms with E-state index < -0.39 is 0 Å². The van der Waals surface area contributed by atoms with Crippen LogP contribution in [0.3, 0.4) is 0 Å². The summed E-state index contributed by atoms with van der Waals surface area (Å²) >= 11 is 0. The lowest BCUT2D eigenvalue weighted by Crippen LogP contribution is -2.32. The molecule has 2 N–H and O–H groups in total. The summed E-state index contributed by atoms with van der Waals surface area (Å²) < 4.78 is 5.51. The van der Waals surface area contributed by atoms with E-state index in [1.165, 1.54) is 0 Å². The fraction of sp³-hybridized carbons (Fsp3) is 0.467. The lowest BCUT2D eigenvalue weighted by Gasteiger charge is -2.10. The summed E-state index contributed by atoms with van der Waals surface area (Å²) in [7, 11) is 0. The SMILES string of the molecule is CC(C)NCC(=O)Nc1cccc(OCCCC#N)c1. The number of carbonyl (C=O) groups is 1. The Bertz CT molecular complexity index is 466. The number of benzene rings is 1. The maximum absolute atomic E-state index is 11.7. The molecule has 0 radical (unpaired) electrons. The Hall–Kier alpha value is -2.06. The van der Waals surface area contributed by atoms with Crippen LogP contribution in [0.5, 0.6) is 5.75 Å². The van der Waals surface area contributed by atoms with E-state index in [-0.39, 0.29) is 18.5 Å². The molecule has 1 amide bonds. The highest BCUT2D eigenvalue weighted by molar-refractivity contribution is 5.92. The molecular formula is C15H21N3O2. The Kier molecular flexibility index (Phi) is 7.15. The fourth-order valence-electron chi connectivity index (χ4n) is 1.51. The van der Waals surface area contributed by atoms with E-state index in [1.807, 2.05) is 32.0 Å².